The minimum Gasteiger partial charge on any atom is -0.478 e. The van der Waals surface area contributed by atoms with Gasteiger partial charge in [-0.15, -0.1) is 0 Å². The molecule has 1 saturated heterocycles. The second kappa shape index (κ2) is 6.81. The Labute approximate surface area is 101 Å². The molecule has 17 heavy (non-hydrogen) atoms. The van der Waals surface area contributed by atoms with Gasteiger partial charge in [-0.3, -0.25) is 0 Å². The number of likely N-dealkylation sites (tertiary alicyclic amines) is 1. The lowest BCUT2D eigenvalue weighted by Crippen LogP contribution is -2.10. The van der Waals surface area contributed by atoms with Crippen LogP contribution < -0.4 is 0 Å². The predicted octanol–water partition coefficient (Wildman–Crippen LogP) is 2.09. The summed E-state index contributed by atoms with van der Waals surface area (Å²) < 4.78 is 0. The van der Waals surface area contributed by atoms with Gasteiger partial charge in [-0.05, 0) is 50.7 Å². The largest absolute Gasteiger partial charge is 0.478 e. The molecule has 0 bridgehead atoms. The van der Waals surface area contributed by atoms with E-state index in [0.29, 0.717) is 5.56 Å². The van der Waals surface area contributed by atoms with Crippen LogP contribution in [-0.4, -0.2) is 42.3 Å². The van der Waals surface area contributed by atoms with E-state index in [2.05, 4.69) is 11.9 Å². The number of rotatable bonds is 2. The number of nitrogens with one attached hydrogen (secondary N) is 1. The highest BCUT2D eigenvalue weighted by molar-refractivity contribution is 5.88. The molecule has 1 fully saturated rings. The molecule has 0 atom stereocenters. The average Bonchev–Trinajstić information content (AvgIpc) is 2.81. The summed E-state index contributed by atoms with van der Waals surface area (Å²) in [5.41, 5.74) is 0.950. The Morgan fingerprint density at radius 3 is 2.12 bits per heavy atom. The first-order chi connectivity index (χ1) is 8.13. The van der Waals surface area contributed by atoms with Crippen molar-refractivity contribution < 1.29 is 9.90 Å². The molecule has 4 heteroatoms. The number of aromatic carboxylic acids is 1. The summed E-state index contributed by atoms with van der Waals surface area (Å²) in [6.45, 7) is 2.64. The summed E-state index contributed by atoms with van der Waals surface area (Å²) in [6.07, 6.45) is 4.00. The number of nitrogens with zero attached hydrogens (tertiary/aromatic N) is 1. The summed E-state index contributed by atoms with van der Waals surface area (Å²) in [6, 6.07) is 6.14. The minimum absolute atomic E-state index is 0.246. The standard InChI is InChI=1S/C8H7NO2.C5H11N/c9-5-6-1-3-7(4-2-6)8(10)11;1-6-4-2-3-5-6/h1-5,9H,(H,10,11);2-5H2,1H3. The fourth-order valence-electron chi connectivity index (χ4n) is 1.60. The van der Waals surface area contributed by atoms with Gasteiger partial charge in [-0.2, -0.15) is 0 Å². The van der Waals surface area contributed by atoms with Crippen molar-refractivity contribution in [3.05, 3.63) is 35.4 Å². The number of carboxylic acid groups (broad SMARTS) is 1. The molecule has 1 aromatic rings. The predicted molar refractivity (Wildman–Crippen MR) is 68.0 cm³/mol. The van der Waals surface area contributed by atoms with E-state index in [4.69, 9.17) is 10.5 Å². The molecular weight excluding hydrogens is 216 g/mol. The zero-order chi connectivity index (χ0) is 12.7. The normalized spacial score (nSPS) is 14.9. The summed E-state index contributed by atoms with van der Waals surface area (Å²) >= 11 is 0. The smallest absolute Gasteiger partial charge is 0.335 e. The first kappa shape index (κ1) is 13.4. The molecule has 1 aliphatic heterocycles. The van der Waals surface area contributed by atoms with Crippen molar-refractivity contribution in [3.63, 3.8) is 0 Å². The number of carboxylic acids is 1. The Hall–Kier alpha value is -1.68. The lowest BCUT2D eigenvalue weighted by molar-refractivity contribution is 0.0697. The lowest BCUT2D eigenvalue weighted by Gasteiger charge is -2.01. The maximum absolute atomic E-state index is 10.3. The maximum atomic E-state index is 10.3. The van der Waals surface area contributed by atoms with E-state index in [1.807, 2.05) is 0 Å². The van der Waals surface area contributed by atoms with E-state index in [0.717, 1.165) is 0 Å². The van der Waals surface area contributed by atoms with Gasteiger partial charge in [-0.1, -0.05) is 12.1 Å². The molecule has 1 aliphatic rings. The van der Waals surface area contributed by atoms with Crippen molar-refractivity contribution in [2.75, 3.05) is 20.1 Å². The Balaban J connectivity index is 0.000000202. The fourth-order valence-corrected chi connectivity index (χ4v) is 1.60. The van der Waals surface area contributed by atoms with Crippen LogP contribution in [0.15, 0.2) is 24.3 Å². The van der Waals surface area contributed by atoms with Gasteiger partial charge in [-0.25, -0.2) is 4.79 Å². The number of hydrogen-bond donors (Lipinski definition) is 2. The van der Waals surface area contributed by atoms with Gasteiger partial charge >= 0.3 is 5.97 Å². The molecular formula is C13H18N2O2. The second-order valence-corrected chi connectivity index (χ2v) is 4.08. The third kappa shape index (κ3) is 4.78. The zero-order valence-corrected chi connectivity index (χ0v) is 10.0. The van der Waals surface area contributed by atoms with Crippen molar-refractivity contribution in [2.24, 2.45) is 0 Å². The van der Waals surface area contributed by atoms with E-state index < -0.39 is 5.97 Å². The third-order valence-electron chi connectivity index (χ3n) is 2.65. The Morgan fingerprint density at radius 2 is 1.82 bits per heavy atom. The molecule has 92 valence electrons. The quantitative estimate of drug-likeness (QED) is 0.770. The Morgan fingerprint density at radius 1 is 1.29 bits per heavy atom. The fraction of sp³-hybridized carbons (Fsp3) is 0.385. The first-order valence-corrected chi connectivity index (χ1v) is 5.66. The van der Waals surface area contributed by atoms with Gasteiger partial charge in [0, 0.05) is 6.21 Å². The van der Waals surface area contributed by atoms with E-state index in [9.17, 15) is 4.79 Å². The molecule has 2 N–H and O–H groups in total. The van der Waals surface area contributed by atoms with Crippen molar-refractivity contribution >= 4 is 12.2 Å². The van der Waals surface area contributed by atoms with E-state index >= 15 is 0 Å². The molecule has 2 rings (SSSR count). The number of benzene rings is 1. The number of hydrogen-bond acceptors (Lipinski definition) is 3. The number of carbonyl (C=O) groups is 1. The van der Waals surface area contributed by atoms with Crippen molar-refractivity contribution in [1.29, 1.82) is 5.41 Å². The van der Waals surface area contributed by atoms with Gasteiger partial charge in [0.15, 0.2) is 0 Å². The van der Waals surface area contributed by atoms with Crippen LogP contribution in [0.4, 0.5) is 0 Å². The summed E-state index contributed by atoms with van der Waals surface area (Å²) in [4.78, 5) is 12.7. The van der Waals surface area contributed by atoms with E-state index in [1.54, 1.807) is 12.1 Å². The highest BCUT2D eigenvalue weighted by atomic mass is 16.4. The van der Waals surface area contributed by atoms with Crippen LogP contribution in [-0.2, 0) is 0 Å². The Bertz CT molecular complexity index is 368. The molecule has 1 heterocycles. The van der Waals surface area contributed by atoms with Crippen LogP contribution in [0.1, 0.15) is 28.8 Å². The minimum atomic E-state index is -0.943. The Kier molecular flexibility index (Phi) is 5.36. The molecule has 1 aromatic carbocycles. The molecule has 4 nitrogen and oxygen atoms in total. The first-order valence-electron chi connectivity index (χ1n) is 5.66. The maximum Gasteiger partial charge on any atom is 0.335 e. The average molecular weight is 234 g/mol. The molecule has 0 unspecified atom stereocenters. The monoisotopic (exact) mass is 234 g/mol. The topological polar surface area (TPSA) is 64.4 Å². The van der Waals surface area contributed by atoms with E-state index in [1.165, 1.54) is 44.3 Å². The van der Waals surface area contributed by atoms with Crippen LogP contribution in [0.2, 0.25) is 0 Å². The van der Waals surface area contributed by atoms with Gasteiger partial charge in [0.05, 0.1) is 5.56 Å². The highest BCUT2D eigenvalue weighted by Gasteiger charge is 2.03. The third-order valence-corrected chi connectivity index (χ3v) is 2.65. The molecule has 0 amide bonds. The molecule has 0 saturated carbocycles. The van der Waals surface area contributed by atoms with Crippen molar-refractivity contribution in [3.8, 4) is 0 Å². The molecule has 0 radical (unpaired) electrons. The molecule has 0 aromatic heterocycles. The van der Waals surface area contributed by atoms with Crippen LogP contribution in [0.5, 0.6) is 0 Å². The highest BCUT2D eigenvalue weighted by Crippen LogP contribution is 2.02. The summed E-state index contributed by atoms with van der Waals surface area (Å²) in [7, 11) is 2.17. The van der Waals surface area contributed by atoms with Gasteiger partial charge in [0.25, 0.3) is 0 Å². The lowest BCUT2D eigenvalue weighted by atomic mass is 10.1. The van der Waals surface area contributed by atoms with Crippen LogP contribution >= 0.6 is 0 Å². The van der Waals surface area contributed by atoms with E-state index in [-0.39, 0.29) is 5.56 Å². The molecule has 0 aliphatic carbocycles. The van der Waals surface area contributed by atoms with Gasteiger partial charge in [0.1, 0.15) is 0 Å². The zero-order valence-electron chi connectivity index (χ0n) is 10.0. The van der Waals surface area contributed by atoms with Crippen LogP contribution in [0.3, 0.4) is 0 Å². The van der Waals surface area contributed by atoms with Gasteiger partial charge in [0.2, 0.25) is 0 Å². The van der Waals surface area contributed by atoms with Crippen LogP contribution in [0.25, 0.3) is 0 Å². The molecule has 0 spiro atoms. The SMILES string of the molecule is CN1CCCC1.N=Cc1ccc(C(=O)O)cc1. The van der Waals surface area contributed by atoms with Crippen molar-refractivity contribution in [1.82, 2.24) is 4.90 Å². The van der Waals surface area contributed by atoms with Gasteiger partial charge < -0.3 is 15.4 Å². The second-order valence-electron chi connectivity index (χ2n) is 4.08. The summed E-state index contributed by atoms with van der Waals surface area (Å²) in [5, 5.41) is 15.3. The van der Waals surface area contributed by atoms with Crippen LogP contribution in [0, 0.1) is 5.41 Å². The van der Waals surface area contributed by atoms with Crippen molar-refractivity contribution in [2.45, 2.75) is 12.8 Å². The summed E-state index contributed by atoms with van der Waals surface area (Å²) in [5.74, 6) is -0.943.